The van der Waals surface area contributed by atoms with Gasteiger partial charge in [0.05, 0.1) is 0 Å². The van der Waals surface area contributed by atoms with Crippen molar-refractivity contribution in [3.05, 3.63) is 35.6 Å². The van der Waals surface area contributed by atoms with Crippen LogP contribution in [0.1, 0.15) is 30.1 Å². The van der Waals surface area contributed by atoms with Crippen LogP contribution in [0, 0.1) is 11.7 Å². The quantitative estimate of drug-likeness (QED) is 0.627. The van der Waals surface area contributed by atoms with E-state index in [1.165, 1.54) is 24.3 Å². The van der Waals surface area contributed by atoms with Gasteiger partial charge in [0.1, 0.15) is 5.82 Å². The van der Waals surface area contributed by atoms with E-state index in [0.29, 0.717) is 38.0 Å². The van der Waals surface area contributed by atoms with Crippen LogP contribution in [0.15, 0.2) is 24.3 Å². The maximum absolute atomic E-state index is 12.7. The summed E-state index contributed by atoms with van der Waals surface area (Å²) < 4.78 is 12.7. The van der Waals surface area contributed by atoms with Gasteiger partial charge in [0.15, 0.2) is 0 Å². The molecule has 0 radical (unpaired) electrons. The molecule has 1 aromatic carbocycles. The molecule has 0 aliphatic rings. The predicted octanol–water partition coefficient (Wildman–Crippen LogP) is 1.05. The average molecular weight is 295 g/mol. The molecule has 1 aromatic rings. The van der Waals surface area contributed by atoms with E-state index in [0.717, 1.165) is 0 Å². The first kappa shape index (κ1) is 17.1. The van der Waals surface area contributed by atoms with E-state index in [1.54, 1.807) is 0 Å². The highest BCUT2D eigenvalue weighted by Crippen LogP contribution is 2.02. The molecule has 2 amide bonds. The zero-order chi connectivity index (χ0) is 15.7. The summed E-state index contributed by atoms with van der Waals surface area (Å²) in [6, 6.07) is 5.32. The number of carbonyl (C=O) groups is 2. The summed E-state index contributed by atoms with van der Waals surface area (Å²) in [4.78, 5) is 23.2. The van der Waals surface area contributed by atoms with Crippen LogP contribution in [-0.4, -0.2) is 31.4 Å². The normalized spacial score (nSPS) is 11.8. The van der Waals surface area contributed by atoms with Gasteiger partial charge in [0, 0.05) is 25.1 Å². The third-order valence-corrected chi connectivity index (χ3v) is 3.02. The molecule has 0 aliphatic heterocycles. The Bertz CT molecular complexity index is 462. The van der Waals surface area contributed by atoms with Gasteiger partial charge in [-0.2, -0.15) is 0 Å². The first-order valence-corrected chi connectivity index (χ1v) is 7.03. The Balaban J connectivity index is 2.17. The monoisotopic (exact) mass is 295 g/mol. The number of hydrogen-bond donors (Lipinski definition) is 3. The Morgan fingerprint density at radius 2 is 1.90 bits per heavy atom. The molecule has 0 saturated heterocycles. The molecule has 0 saturated carbocycles. The molecule has 0 fully saturated rings. The fraction of sp³-hybridized carbons (Fsp3) is 0.467. The van der Waals surface area contributed by atoms with Crippen molar-refractivity contribution in [2.24, 2.45) is 11.7 Å². The summed E-state index contributed by atoms with van der Waals surface area (Å²) in [7, 11) is 0. The van der Waals surface area contributed by atoms with E-state index in [4.69, 9.17) is 5.73 Å². The summed E-state index contributed by atoms with van der Waals surface area (Å²) in [5, 5.41) is 5.47. The summed E-state index contributed by atoms with van der Waals surface area (Å²) in [5.74, 6) is -0.444. The van der Waals surface area contributed by atoms with E-state index in [2.05, 4.69) is 10.6 Å². The van der Waals surface area contributed by atoms with Crippen LogP contribution >= 0.6 is 0 Å². The molecule has 21 heavy (non-hydrogen) atoms. The van der Waals surface area contributed by atoms with Crippen molar-refractivity contribution in [3.63, 3.8) is 0 Å². The molecular formula is C15H22FN3O2. The predicted molar refractivity (Wildman–Crippen MR) is 79.2 cm³/mol. The fourth-order valence-electron chi connectivity index (χ4n) is 1.61. The molecule has 0 bridgehead atoms. The summed E-state index contributed by atoms with van der Waals surface area (Å²) in [5.41, 5.74) is 5.86. The Kier molecular flexibility index (Phi) is 7.39. The van der Waals surface area contributed by atoms with Crippen molar-refractivity contribution in [3.8, 4) is 0 Å². The number of nitrogens with two attached hydrogens (primary N) is 1. The van der Waals surface area contributed by atoms with Gasteiger partial charge in [-0.1, -0.05) is 6.92 Å². The number of amides is 2. The maximum Gasteiger partial charge on any atom is 0.251 e. The molecular weight excluding hydrogens is 273 g/mol. The summed E-state index contributed by atoms with van der Waals surface area (Å²) >= 11 is 0. The van der Waals surface area contributed by atoms with Gasteiger partial charge in [0.25, 0.3) is 5.91 Å². The molecule has 0 spiro atoms. The van der Waals surface area contributed by atoms with Crippen molar-refractivity contribution in [2.45, 2.75) is 19.8 Å². The number of benzene rings is 1. The van der Waals surface area contributed by atoms with Crippen LogP contribution < -0.4 is 16.4 Å². The second-order valence-corrected chi connectivity index (χ2v) is 5.01. The van der Waals surface area contributed by atoms with Crippen LogP contribution in [0.5, 0.6) is 0 Å². The maximum atomic E-state index is 12.7. The zero-order valence-electron chi connectivity index (χ0n) is 12.2. The van der Waals surface area contributed by atoms with E-state index >= 15 is 0 Å². The lowest BCUT2D eigenvalue weighted by molar-refractivity contribution is -0.121. The first-order valence-electron chi connectivity index (χ1n) is 7.03. The van der Waals surface area contributed by atoms with E-state index in [-0.39, 0.29) is 23.5 Å². The summed E-state index contributed by atoms with van der Waals surface area (Å²) in [6.45, 7) is 3.46. The minimum Gasteiger partial charge on any atom is -0.356 e. The highest BCUT2D eigenvalue weighted by atomic mass is 19.1. The van der Waals surface area contributed by atoms with Crippen molar-refractivity contribution >= 4 is 11.8 Å². The zero-order valence-corrected chi connectivity index (χ0v) is 12.2. The Morgan fingerprint density at radius 3 is 2.52 bits per heavy atom. The number of carbonyl (C=O) groups excluding carboxylic acids is 2. The second kappa shape index (κ2) is 9.07. The number of hydrogen-bond acceptors (Lipinski definition) is 3. The van der Waals surface area contributed by atoms with Crippen LogP contribution in [0.25, 0.3) is 0 Å². The van der Waals surface area contributed by atoms with E-state index in [9.17, 15) is 14.0 Å². The lowest BCUT2D eigenvalue weighted by atomic mass is 10.2. The molecule has 0 aromatic heterocycles. The molecule has 1 atom stereocenters. The standard InChI is InChI=1S/C15H22FN3O2/c1-11(9-17)10-19-14(20)3-2-8-18-15(21)12-4-6-13(16)7-5-12/h4-7,11H,2-3,8-10,17H2,1H3,(H,18,21)(H,19,20). The van der Waals surface area contributed by atoms with Gasteiger partial charge in [-0.25, -0.2) is 4.39 Å². The smallest absolute Gasteiger partial charge is 0.251 e. The van der Waals surface area contributed by atoms with Crippen molar-refractivity contribution < 1.29 is 14.0 Å². The minimum absolute atomic E-state index is 0.0497. The fourth-order valence-corrected chi connectivity index (χ4v) is 1.61. The number of rotatable bonds is 8. The molecule has 4 N–H and O–H groups in total. The first-order chi connectivity index (χ1) is 10.0. The van der Waals surface area contributed by atoms with Crippen molar-refractivity contribution in [2.75, 3.05) is 19.6 Å². The SMILES string of the molecule is CC(CN)CNC(=O)CCCNC(=O)c1ccc(F)cc1. The molecule has 6 heteroatoms. The lowest BCUT2D eigenvalue weighted by Crippen LogP contribution is -2.32. The molecule has 1 rings (SSSR count). The molecule has 0 heterocycles. The van der Waals surface area contributed by atoms with Crippen LogP contribution in [0.3, 0.4) is 0 Å². The Labute approximate surface area is 124 Å². The van der Waals surface area contributed by atoms with Gasteiger partial charge in [0.2, 0.25) is 5.91 Å². The third kappa shape index (κ3) is 6.85. The highest BCUT2D eigenvalue weighted by molar-refractivity contribution is 5.94. The average Bonchev–Trinajstić information content (AvgIpc) is 2.49. The topological polar surface area (TPSA) is 84.2 Å². The van der Waals surface area contributed by atoms with Crippen molar-refractivity contribution in [1.29, 1.82) is 0 Å². The van der Waals surface area contributed by atoms with Crippen LogP contribution in [-0.2, 0) is 4.79 Å². The van der Waals surface area contributed by atoms with Crippen LogP contribution in [0.4, 0.5) is 4.39 Å². The van der Waals surface area contributed by atoms with Crippen LogP contribution in [0.2, 0.25) is 0 Å². The highest BCUT2D eigenvalue weighted by Gasteiger charge is 2.06. The largest absolute Gasteiger partial charge is 0.356 e. The number of halogens is 1. The van der Waals surface area contributed by atoms with Gasteiger partial charge >= 0.3 is 0 Å². The Hall–Kier alpha value is -1.95. The Morgan fingerprint density at radius 1 is 1.24 bits per heavy atom. The molecule has 5 nitrogen and oxygen atoms in total. The van der Waals surface area contributed by atoms with Gasteiger partial charge < -0.3 is 16.4 Å². The van der Waals surface area contributed by atoms with Gasteiger partial charge in [-0.15, -0.1) is 0 Å². The van der Waals surface area contributed by atoms with E-state index < -0.39 is 0 Å². The van der Waals surface area contributed by atoms with Gasteiger partial charge in [-0.3, -0.25) is 9.59 Å². The van der Waals surface area contributed by atoms with Gasteiger partial charge in [-0.05, 0) is 43.1 Å². The molecule has 1 unspecified atom stereocenters. The lowest BCUT2D eigenvalue weighted by Gasteiger charge is -2.10. The second-order valence-electron chi connectivity index (χ2n) is 5.01. The molecule has 116 valence electrons. The summed E-state index contributed by atoms with van der Waals surface area (Å²) in [6.07, 6.45) is 0.900. The molecule has 0 aliphatic carbocycles. The number of nitrogens with one attached hydrogen (secondary N) is 2. The minimum atomic E-state index is -0.380. The van der Waals surface area contributed by atoms with E-state index in [1.807, 2.05) is 6.92 Å². The third-order valence-electron chi connectivity index (χ3n) is 3.02. The van der Waals surface area contributed by atoms with Crippen molar-refractivity contribution in [1.82, 2.24) is 10.6 Å².